The third kappa shape index (κ3) is 1.85. The minimum absolute atomic E-state index is 0.0841. The molecule has 1 amide bonds. The van der Waals surface area contributed by atoms with E-state index in [0.29, 0.717) is 0 Å². The van der Waals surface area contributed by atoms with Crippen molar-refractivity contribution in [3.63, 3.8) is 0 Å². The molecule has 1 aliphatic rings. The van der Waals surface area contributed by atoms with Crippen LogP contribution in [0.3, 0.4) is 0 Å². The van der Waals surface area contributed by atoms with Crippen molar-refractivity contribution >= 4 is 12.0 Å². The number of hydrogen-bond donors (Lipinski definition) is 0. The maximum Gasteiger partial charge on any atom is 0.254 e. The number of hydrogen-bond acceptors (Lipinski definition) is 1. The molecule has 0 N–H and O–H groups in total. The average molecular weight is 263 g/mol. The van der Waals surface area contributed by atoms with Crippen molar-refractivity contribution in [2.24, 2.45) is 0 Å². The number of nitrogens with zero attached hydrogens (tertiary/aromatic N) is 1. The fourth-order valence-corrected chi connectivity index (χ4v) is 2.71. The van der Waals surface area contributed by atoms with Gasteiger partial charge in [-0.1, -0.05) is 60.7 Å². The molecule has 2 nitrogen and oxygen atoms in total. The van der Waals surface area contributed by atoms with Gasteiger partial charge in [-0.3, -0.25) is 4.79 Å². The lowest BCUT2D eigenvalue weighted by Crippen LogP contribution is -2.36. The van der Waals surface area contributed by atoms with Gasteiger partial charge in [-0.2, -0.15) is 0 Å². The number of benzene rings is 2. The van der Waals surface area contributed by atoms with Gasteiger partial charge in [0.2, 0.25) is 0 Å². The van der Waals surface area contributed by atoms with Crippen LogP contribution in [0.25, 0.3) is 6.08 Å². The smallest absolute Gasteiger partial charge is 0.254 e. The predicted molar refractivity (Wildman–Crippen MR) is 81.4 cm³/mol. The lowest BCUT2D eigenvalue weighted by atomic mass is 9.91. The largest absolute Gasteiger partial charge is 0.329 e. The summed E-state index contributed by atoms with van der Waals surface area (Å²) >= 11 is 0. The Hall–Kier alpha value is -2.35. The molecule has 0 saturated carbocycles. The van der Waals surface area contributed by atoms with Crippen molar-refractivity contribution in [3.8, 4) is 0 Å². The number of likely N-dealkylation sites (N-methyl/N-ethyl adjacent to an activating group) is 1. The Morgan fingerprint density at radius 2 is 1.65 bits per heavy atom. The summed E-state index contributed by atoms with van der Waals surface area (Å²) in [6, 6.07) is 18.0. The lowest BCUT2D eigenvalue weighted by Gasteiger charge is -2.30. The van der Waals surface area contributed by atoms with E-state index in [1.165, 1.54) is 0 Å². The quantitative estimate of drug-likeness (QED) is 0.809. The van der Waals surface area contributed by atoms with Crippen LogP contribution in [0, 0.1) is 0 Å². The highest BCUT2D eigenvalue weighted by Gasteiger charge is 2.41. The van der Waals surface area contributed by atoms with E-state index >= 15 is 0 Å². The summed E-state index contributed by atoms with van der Waals surface area (Å²) in [7, 11) is 1.86. The van der Waals surface area contributed by atoms with Gasteiger partial charge >= 0.3 is 0 Å². The van der Waals surface area contributed by atoms with E-state index in [9.17, 15) is 4.79 Å². The van der Waals surface area contributed by atoms with Gasteiger partial charge < -0.3 is 4.90 Å². The molecule has 2 aromatic rings. The first-order valence-corrected chi connectivity index (χ1v) is 6.75. The fourth-order valence-electron chi connectivity index (χ4n) is 2.71. The van der Waals surface area contributed by atoms with Gasteiger partial charge in [-0.25, -0.2) is 0 Å². The topological polar surface area (TPSA) is 20.3 Å². The molecule has 3 rings (SSSR count). The van der Waals surface area contributed by atoms with Gasteiger partial charge in [0.15, 0.2) is 0 Å². The highest BCUT2D eigenvalue weighted by Crippen LogP contribution is 2.39. The van der Waals surface area contributed by atoms with Crippen LogP contribution >= 0.6 is 0 Å². The Kier molecular flexibility index (Phi) is 2.94. The molecule has 2 heteroatoms. The van der Waals surface area contributed by atoms with Crippen LogP contribution in [-0.2, 0) is 5.54 Å². The lowest BCUT2D eigenvalue weighted by molar-refractivity contribution is 0.0725. The second-order valence-corrected chi connectivity index (χ2v) is 5.30. The number of carbonyl (C=O) groups is 1. The van der Waals surface area contributed by atoms with Crippen molar-refractivity contribution in [2.45, 2.75) is 12.5 Å². The third-order valence-electron chi connectivity index (χ3n) is 4.10. The van der Waals surface area contributed by atoms with E-state index < -0.39 is 0 Å². The van der Waals surface area contributed by atoms with Crippen molar-refractivity contribution < 1.29 is 4.79 Å². The number of amides is 1. The molecule has 1 heterocycles. The summed E-state index contributed by atoms with van der Waals surface area (Å²) < 4.78 is 0. The highest BCUT2D eigenvalue weighted by molar-refractivity contribution is 6.00. The van der Waals surface area contributed by atoms with Gasteiger partial charge in [0.1, 0.15) is 0 Å². The predicted octanol–water partition coefficient (Wildman–Crippen LogP) is 3.70. The Balaban J connectivity index is 2.04. The first-order valence-electron chi connectivity index (χ1n) is 6.75. The molecule has 0 fully saturated rings. The molecule has 20 heavy (non-hydrogen) atoms. The van der Waals surface area contributed by atoms with E-state index in [4.69, 9.17) is 0 Å². The van der Waals surface area contributed by atoms with E-state index in [1.54, 1.807) is 4.90 Å². The molecular weight excluding hydrogens is 246 g/mol. The minimum Gasteiger partial charge on any atom is -0.329 e. The molecule has 1 atom stereocenters. The maximum absolute atomic E-state index is 12.3. The van der Waals surface area contributed by atoms with Crippen LogP contribution in [0.15, 0.2) is 60.7 Å². The number of fused-ring (bicyclic) bond motifs is 1. The summed E-state index contributed by atoms with van der Waals surface area (Å²) in [5, 5.41) is 0. The monoisotopic (exact) mass is 263 g/mol. The maximum atomic E-state index is 12.3. The van der Waals surface area contributed by atoms with E-state index in [0.717, 1.165) is 16.7 Å². The Morgan fingerprint density at radius 3 is 2.40 bits per heavy atom. The zero-order chi connectivity index (χ0) is 14.2. The van der Waals surface area contributed by atoms with Crippen LogP contribution in [-0.4, -0.2) is 17.9 Å². The molecule has 0 bridgehead atoms. The molecule has 0 aromatic heterocycles. The second-order valence-electron chi connectivity index (χ2n) is 5.30. The molecule has 0 spiro atoms. The number of carbonyl (C=O) groups excluding carboxylic acids is 1. The normalized spacial score (nSPS) is 21.5. The molecule has 2 aromatic carbocycles. The molecule has 0 aliphatic carbocycles. The van der Waals surface area contributed by atoms with Crippen LogP contribution < -0.4 is 0 Å². The van der Waals surface area contributed by atoms with E-state index in [-0.39, 0.29) is 11.4 Å². The summed E-state index contributed by atoms with van der Waals surface area (Å²) in [4.78, 5) is 14.1. The average Bonchev–Trinajstić information content (AvgIpc) is 2.69. The summed E-state index contributed by atoms with van der Waals surface area (Å²) in [5.41, 5.74) is 2.62. The second kappa shape index (κ2) is 4.64. The Labute approximate surface area is 119 Å². The van der Waals surface area contributed by atoms with Crippen LogP contribution in [0.5, 0.6) is 0 Å². The number of rotatable bonds is 2. The molecule has 1 unspecified atom stereocenters. The highest BCUT2D eigenvalue weighted by atomic mass is 16.2. The fraction of sp³-hybridized carbons (Fsp3) is 0.167. The van der Waals surface area contributed by atoms with Gasteiger partial charge in [0, 0.05) is 12.6 Å². The van der Waals surface area contributed by atoms with E-state index in [2.05, 4.69) is 31.2 Å². The van der Waals surface area contributed by atoms with Crippen molar-refractivity contribution in [3.05, 3.63) is 77.4 Å². The standard InChI is InChI=1S/C18H17NO/c1-18(13-12-14-8-4-3-5-9-14)16-11-7-6-10-15(16)17(20)19(18)2/h3-13H,1-2H3/b13-12+. The molecule has 0 radical (unpaired) electrons. The van der Waals surface area contributed by atoms with E-state index in [1.807, 2.05) is 49.5 Å². The third-order valence-corrected chi connectivity index (χ3v) is 4.10. The van der Waals surface area contributed by atoms with Crippen LogP contribution in [0.1, 0.15) is 28.4 Å². The minimum atomic E-state index is -0.385. The zero-order valence-corrected chi connectivity index (χ0v) is 11.7. The first kappa shape index (κ1) is 12.7. The zero-order valence-electron chi connectivity index (χ0n) is 11.7. The summed E-state index contributed by atoms with van der Waals surface area (Å²) in [6.45, 7) is 2.08. The van der Waals surface area contributed by atoms with Gasteiger partial charge in [-0.15, -0.1) is 0 Å². The van der Waals surface area contributed by atoms with Crippen molar-refractivity contribution in [2.75, 3.05) is 7.05 Å². The first-order chi connectivity index (χ1) is 9.63. The van der Waals surface area contributed by atoms with Crippen LogP contribution in [0.4, 0.5) is 0 Å². The van der Waals surface area contributed by atoms with Gasteiger partial charge in [-0.05, 0) is 24.1 Å². The molecule has 1 aliphatic heterocycles. The molecular formula is C18H17NO. The summed E-state index contributed by atoms with van der Waals surface area (Å²) in [6.07, 6.45) is 4.18. The Bertz CT molecular complexity index is 675. The Morgan fingerprint density at radius 1 is 1.00 bits per heavy atom. The van der Waals surface area contributed by atoms with Crippen molar-refractivity contribution in [1.29, 1.82) is 0 Å². The van der Waals surface area contributed by atoms with Crippen LogP contribution in [0.2, 0.25) is 0 Å². The molecule has 100 valence electrons. The SMILES string of the molecule is CN1C(=O)c2ccccc2C1(C)/C=C/c1ccccc1. The molecule has 0 saturated heterocycles. The van der Waals surface area contributed by atoms with Gasteiger partial charge in [0.25, 0.3) is 5.91 Å². The van der Waals surface area contributed by atoms with Crippen molar-refractivity contribution in [1.82, 2.24) is 4.90 Å². The van der Waals surface area contributed by atoms with Gasteiger partial charge in [0.05, 0.1) is 5.54 Å². The summed E-state index contributed by atoms with van der Waals surface area (Å²) in [5.74, 6) is 0.0841.